The summed E-state index contributed by atoms with van der Waals surface area (Å²) in [4.78, 5) is 0. The molecule has 5 rings (SSSR count). The molecule has 0 spiro atoms. The molecule has 9 heteroatoms. The maximum Gasteiger partial charge on any atom is 0.118 e. The van der Waals surface area contributed by atoms with Crippen LogP contribution < -0.4 is 4.74 Å². The molecule has 6 nitrogen and oxygen atoms in total. The van der Waals surface area contributed by atoms with E-state index in [0.717, 1.165) is 36.9 Å². The van der Waals surface area contributed by atoms with Crippen LogP contribution in [0.5, 0.6) is 5.75 Å². The van der Waals surface area contributed by atoms with Crippen molar-refractivity contribution < 1.29 is 28.4 Å². The highest BCUT2D eigenvalue weighted by Crippen LogP contribution is 2.32. The minimum absolute atomic E-state index is 0.288. The monoisotopic (exact) mass is 758 g/mol. The van der Waals surface area contributed by atoms with Crippen LogP contribution in [0.1, 0.15) is 29.2 Å². The lowest BCUT2D eigenvalue weighted by atomic mass is 9.94. The zero-order chi connectivity index (χ0) is 31.6. The molecule has 0 amide bonds. The van der Waals surface area contributed by atoms with Crippen molar-refractivity contribution in [3.8, 4) is 5.75 Å². The minimum Gasteiger partial charge on any atom is -0.497 e. The molecular formula is C36H37Br2ClO6. The first-order valence-corrected chi connectivity index (χ1v) is 16.8. The van der Waals surface area contributed by atoms with Crippen LogP contribution in [0, 0.1) is 0 Å². The van der Waals surface area contributed by atoms with E-state index in [9.17, 15) is 0 Å². The van der Waals surface area contributed by atoms with E-state index in [2.05, 4.69) is 31.9 Å². The Morgan fingerprint density at radius 2 is 1.24 bits per heavy atom. The zero-order valence-electron chi connectivity index (χ0n) is 25.2. The van der Waals surface area contributed by atoms with Gasteiger partial charge in [0.1, 0.15) is 30.2 Å². The molecule has 0 radical (unpaired) electrons. The maximum atomic E-state index is 6.72. The van der Waals surface area contributed by atoms with Crippen LogP contribution in [0.15, 0.2) is 106 Å². The van der Waals surface area contributed by atoms with Gasteiger partial charge in [-0.3, -0.25) is 0 Å². The van der Waals surface area contributed by atoms with E-state index in [1.54, 1.807) is 7.11 Å². The number of hydrogen-bond donors (Lipinski definition) is 0. The second kappa shape index (κ2) is 17.0. The van der Waals surface area contributed by atoms with E-state index >= 15 is 0 Å². The molecule has 4 aromatic carbocycles. The molecule has 1 heterocycles. The Bertz CT molecular complexity index is 1470. The summed E-state index contributed by atoms with van der Waals surface area (Å²) >= 11 is 13.3. The van der Waals surface area contributed by atoms with Crippen molar-refractivity contribution in [1.82, 2.24) is 0 Å². The average molecular weight is 761 g/mol. The van der Waals surface area contributed by atoms with Gasteiger partial charge in [-0.05, 0) is 71.6 Å². The molecule has 0 N–H and O–H groups in total. The number of methoxy groups -OCH3 is 1. The Morgan fingerprint density at radius 3 is 1.91 bits per heavy atom. The molecule has 45 heavy (non-hydrogen) atoms. The molecule has 3 unspecified atom stereocenters. The number of hydrogen-bond acceptors (Lipinski definition) is 6. The summed E-state index contributed by atoms with van der Waals surface area (Å²) in [5, 5.41) is 0.675. The number of benzene rings is 4. The van der Waals surface area contributed by atoms with Gasteiger partial charge in [0.2, 0.25) is 0 Å². The summed E-state index contributed by atoms with van der Waals surface area (Å²) in [5.74, 6) is 0.796. The minimum atomic E-state index is -0.481. The molecule has 0 aromatic heterocycles. The van der Waals surface area contributed by atoms with E-state index in [1.807, 2.05) is 104 Å². The van der Waals surface area contributed by atoms with E-state index in [0.29, 0.717) is 38.1 Å². The molecule has 1 aliphatic rings. The van der Waals surface area contributed by atoms with Crippen molar-refractivity contribution in [3.05, 3.63) is 133 Å². The Hall–Kier alpha value is -2.27. The fourth-order valence-corrected chi connectivity index (χ4v) is 6.00. The highest BCUT2D eigenvalue weighted by molar-refractivity contribution is 9.10. The van der Waals surface area contributed by atoms with Crippen molar-refractivity contribution in [2.45, 2.75) is 63.9 Å². The van der Waals surface area contributed by atoms with Crippen LogP contribution in [0.2, 0.25) is 5.02 Å². The predicted octanol–water partition coefficient (Wildman–Crippen LogP) is 8.93. The van der Waals surface area contributed by atoms with Crippen molar-refractivity contribution in [2.24, 2.45) is 0 Å². The van der Waals surface area contributed by atoms with E-state index in [-0.39, 0.29) is 6.10 Å². The lowest BCUT2D eigenvalue weighted by molar-refractivity contribution is -0.269. The van der Waals surface area contributed by atoms with Gasteiger partial charge < -0.3 is 28.4 Å². The van der Waals surface area contributed by atoms with Gasteiger partial charge >= 0.3 is 0 Å². The van der Waals surface area contributed by atoms with Crippen LogP contribution in [0.3, 0.4) is 0 Å². The summed E-state index contributed by atoms with van der Waals surface area (Å²) in [6, 6.07) is 31.6. The molecule has 0 saturated carbocycles. The predicted molar refractivity (Wildman–Crippen MR) is 182 cm³/mol. The number of halogens is 3. The Kier molecular flexibility index (Phi) is 12.9. The molecule has 1 fully saturated rings. The van der Waals surface area contributed by atoms with Crippen molar-refractivity contribution in [1.29, 1.82) is 0 Å². The highest BCUT2D eigenvalue weighted by Gasteiger charge is 2.46. The van der Waals surface area contributed by atoms with Crippen molar-refractivity contribution >= 4 is 43.5 Å². The zero-order valence-corrected chi connectivity index (χ0v) is 29.2. The number of ether oxygens (including phenoxy) is 6. The van der Waals surface area contributed by atoms with Gasteiger partial charge in [0.05, 0.1) is 46.2 Å². The first-order valence-electron chi connectivity index (χ1n) is 14.8. The summed E-state index contributed by atoms with van der Waals surface area (Å²) in [5.41, 5.74) is 4.12. The summed E-state index contributed by atoms with van der Waals surface area (Å²) in [6.45, 7) is 3.89. The standard InChI is InChI=1S/C36H37Br2ClO6/c1-24-34(42-20-27-11-17-31(40-2)18-12-27)36(44-22-28-5-3-4-6-32(28)38)35(43-21-26-9-15-30(39)16-10-26)33(45-24)23-41-19-25-7-13-29(37)14-8-25/h3-18,24,33-36H,19-23H2,1-2H3/t24?,33-,34?,35?,36+/m0/s1. The fraction of sp³-hybridized carbons (Fsp3) is 0.333. The van der Waals surface area contributed by atoms with Gasteiger partial charge in [0, 0.05) is 14.0 Å². The van der Waals surface area contributed by atoms with E-state index in [1.165, 1.54) is 0 Å². The molecular weight excluding hydrogens is 724 g/mol. The lowest BCUT2D eigenvalue weighted by Gasteiger charge is -2.45. The van der Waals surface area contributed by atoms with Crippen LogP contribution in [0.4, 0.5) is 0 Å². The summed E-state index contributed by atoms with van der Waals surface area (Å²) < 4.78 is 40.1. The van der Waals surface area contributed by atoms with Crippen LogP contribution in [0.25, 0.3) is 0 Å². The summed E-state index contributed by atoms with van der Waals surface area (Å²) in [6.07, 6.45) is -2.03. The third-order valence-electron chi connectivity index (χ3n) is 7.68. The molecule has 4 aromatic rings. The second-order valence-corrected chi connectivity index (χ2v) is 13.1. The smallest absolute Gasteiger partial charge is 0.118 e. The molecule has 238 valence electrons. The van der Waals surface area contributed by atoms with Crippen LogP contribution in [-0.4, -0.2) is 44.2 Å². The molecule has 1 aliphatic heterocycles. The quantitative estimate of drug-likeness (QED) is 0.128. The van der Waals surface area contributed by atoms with E-state index in [4.69, 9.17) is 40.0 Å². The third kappa shape index (κ3) is 9.86. The fourth-order valence-electron chi connectivity index (χ4n) is 5.21. The Morgan fingerprint density at radius 1 is 0.667 bits per heavy atom. The molecule has 0 bridgehead atoms. The second-order valence-electron chi connectivity index (χ2n) is 10.9. The van der Waals surface area contributed by atoms with Crippen molar-refractivity contribution in [3.63, 3.8) is 0 Å². The maximum absolute atomic E-state index is 6.72. The van der Waals surface area contributed by atoms with Gasteiger partial charge in [0.25, 0.3) is 0 Å². The summed E-state index contributed by atoms with van der Waals surface area (Å²) in [7, 11) is 1.66. The van der Waals surface area contributed by atoms with Gasteiger partial charge in [-0.25, -0.2) is 0 Å². The van der Waals surface area contributed by atoms with Gasteiger partial charge in [-0.15, -0.1) is 0 Å². The first kappa shape index (κ1) is 34.1. The topological polar surface area (TPSA) is 55.4 Å². The Balaban J connectivity index is 1.38. The van der Waals surface area contributed by atoms with Crippen LogP contribution >= 0.6 is 43.5 Å². The van der Waals surface area contributed by atoms with Gasteiger partial charge in [-0.2, -0.15) is 0 Å². The van der Waals surface area contributed by atoms with E-state index < -0.39 is 24.4 Å². The lowest BCUT2D eigenvalue weighted by Crippen LogP contribution is -2.60. The highest BCUT2D eigenvalue weighted by atomic mass is 79.9. The van der Waals surface area contributed by atoms with Crippen LogP contribution in [-0.2, 0) is 50.1 Å². The average Bonchev–Trinajstić information content (AvgIpc) is 3.05. The molecule has 0 aliphatic carbocycles. The van der Waals surface area contributed by atoms with Crippen molar-refractivity contribution in [2.75, 3.05) is 13.7 Å². The first-order chi connectivity index (χ1) is 21.9. The SMILES string of the molecule is COc1ccc(COC2C(C)O[C@@H](COCc3ccc(Br)cc3)C(OCc3ccc(Cl)cc3)[C@@H]2OCc2ccccc2Br)cc1. The largest absolute Gasteiger partial charge is 0.497 e. The third-order valence-corrected chi connectivity index (χ3v) is 9.23. The number of rotatable bonds is 14. The van der Waals surface area contributed by atoms with Gasteiger partial charge in [0.15, 0.2) is 0 Å². The normalized spacial score (nSPS) is 21.5. The van der Waals surface area contributed by atoms with Gasteiger partial charge in [-0.1, -0.05) is 98.1 Å². The molecule has 1 saturated heterocycles. The molecule has 5 atom stereocenters. The Labute approximate surface area is 287 Å².